The Morgan fingerprint density at radius 3 is 2.50 bits per heavy atom. The molecule has 0 aliphatic carbocycles. The molecule has 1 aromatic carbocycles. The second kappa shape index (κ2) is 7.92. The summed E-state index contributed by atoms with van der Waals surface area (Å²) in [6, 6.07) is 6.53. The molecule has 0 N–H and O–H groups in total. The van der Waals surface area contributed by atoms with Crippen molar-refractivity contribution in [2.24, 2.45) is 0 Å². The van der Waals surface area contributed by atoms with Crippen molar-refractivity contribution in [2.75, 3.05) is 55.7 Å². The van der Waals surface area contributed by atoms with Crippen LogP contribution in [-0.2, 0) is 14.6 Å². The molecule has 2 aliphatic rings. The Kier molecular flexibility index (Phi) is 5.82. The first-order chi connectivity index (χ1) is 12.4. The van der Waals surface area contributed by atoms with Gasteiger partial charge in [0.05, 0.1) is 23.7 Å². The maximum Gasteiger partial charge on any atom is 0.237 e. The van der Waals surface area contributed by atoms with E-state index in [-0.39, 0.29) is 35.8 Å². The molecule has 144 valence electrons. The zero-order valence-corrected chi connectivity index (χ0v) is 15.9. The van der Waals surface area contributed by atoms with Crippen molar-refractivity contribution in [3.63, 3.8) is 0 Å². The third-order valence-electron chi connectivity index (χ3n) is 5.23. The lowest BCUT2D eigenvalue weighted by atomic mass is 10.2. The van der Waals surface area contributed by atoms with Crippen molar-refractivity contribution in [2.45, 2.75) is 19.4 Å². The molecule has 26 heavy (non-hydrogen) atoms. The number of carbonyl (C=O) groups is 1. The molecule has 2 saturated heterocycles. The Morgan fingerprint density at radius 2 is 1.92 bits per heavy atom. The molecule has 0 spiro atoms. The molecule has 0 bridgehead atoms. The second-order valence-electron chi connectivity index (χ2n) is 6.95. The van der Waals surface area contributed by atoms with Crippen molar-refractivity contribution in [3.8, 4) is 0 Å². The maximum absolute atomic E-state index is 13.9. The number of halogens is 1. The van der Waals surface area contributed by atoms with Crippen LogP contribution in [0.2, 0.25) is 0 Å². The lowest BCUT2D eigenvalue weighted by Crippen LogP contribution is -2.52. The number of amides is 1. The van der Waals surface area contributed by atoms with Crippen LogP contribution >= 0.6 is 0 Å². The van der Waals surface area contributed by atoms with Crippen LogP contribution in [0, 0.1) is 5.82 Å². The zero-order valence-electron chi connectivity index (χ0n) is 15.1. The van der Waals surface area contributed by atoms with E-state index < -0.39 is 9.84 Å². The summed E-state index contributed by atoms with van der Waals surface area (Å²) in [6.07, 6.45) is 0.531. The van der Waals surface area contributed by atoms with Gasteiger partial charge in [-0.3, -0.25) is 9.69 Å². The molecule has 1 aromatic rings. The first-order valence-electron chi connectivity index (χ1n) is 9.11. The first-order valence-corrected chi connectivity index (χ1v) is 10.9. The molecule has 2 heterocycles. The van der Waals surface area contributed by atoms with E-state index in [4.69, 9.17) is 0 Å². The fourth-order valence-corrected chi connectivity index (χ4v) is 5.53. The molecule has 0 aromatic heterocycles. The molecule has 0 radical (unpaired) electrons. The maximum atomic E-state index is 13.9. The van der Waals surface area contributed by atoms with E-state index in [9.17, 15) is 17.6 Å². The fraction of sp³-hybridized carbons (Fsp3) is 0.611. The van der Waals surface area contributed by atoms with Crippen LogP contribution in [0.4, 0.5) is 10.1 Å². The average molecular weight is 383 g/mol. The quantitative estimate of drug-likeness (QED) is 0.759. The third kappa shape index (κ3) is 4.35. The Hall–Kier alpha value is -1.67. The third-order valence-corrected chi connectivity index (χ3v) is 6.98. The first kappa shape index (κ1) is 19.1. The van der Waals surface area contributed by atoms with Crippen LogP contribution < -0.4 is 4.90 Å². The number of rotatable bonds is 5. The minimum absolute atomic E-state index is 0.0195. The number of carbonyl (C=O) groups excluding carboxylic acids is 1. The summed E-state index contributed by atoms with van der Waals surface area (Å²) < 4.78 is 37.3. The van der Waals surface area contributed by atoms with E-state index in [1.54, 1.807) is 17.0 Å². The molecule has 2 aliphatic heterocycles. The van der Waals surface area contributed by atoms with Crippen LogP contribution in [0.15, 0.2) is 24.3 Å². The van der Waals surface area contributed by atoms with E-state index in [0.717, 1.165) is 0 Å². The van der Waals surface area contributed by atoms with E-state index in [1.165, 1.54) is 6.07 Å². The van der Waals surface area contributed by atoms with Gasteiger partial charge in [-0.2, -0.15) is 0 Å². The Labute approximate surface area is 154 Å². The Balaban J connectivity index is 1.53. The normalized spacial score (nSPS) is 23.2. The number of piperazine rings is 1. The van der Waals surface area contributed by atoms with Gasteiger partial charge in [-0.15, -0.1) is 0 Å². The number of para-hydroxylation sites is 1. The van der Waals surface area contributed by atoms with Gasteiger partial charge in [0.1, 0.15) is 5.82 Å². The van der Waals surface area contributed by atoms with Crippen LogP contribution in [0.3, 0.4) is 0 Å². The topological polar surface area (TPSA) is 60.9 Å². The Morgan fingerprint density at radius 1 is 1.23 bits per heavy atom. The number of hydrogen-bond donors (Lipinski definition) is 0. The summed E-state index contributed by atoms with van der Waals surface area (Å²) in [5.74, 6) is 0.00159. The SMILES string of the molecule is CCN(C(=O)CN1CCN(c2ccccc2F)CC1)[C@H]1CCS(=O)(=O)C1. The van der Waals surface area contributed by atoms with E-state index >= 15 is 0 Å². The smallest absolute Gasteiger partial charge is 0.237 e. The Bertz CT molecular complexity index is 748. The molecule has 2 fully saturated rings. The molecule has 3 rings (SSSR count). The van der Waals surface area contributed by atoms with Gasteiger partial charge in [0.25, 0.3) is 0 Å². The van der Waals surface area contributed by atoms with Crippen molar-refractivity contribution in [1.82, 2.24) is 9.80 Å². The molecule has 0 saturated carbocycles. The van der Waals surface area contributed by atoms with Crippen molar-refractivity contribution in [1.29, 1.82) is 0 Å². The second-order valence-corrected chi connectivity index (χ2v) is 9.18. The summed E-state index contributed by atoms with van der Waals surface area (Å²) in [5, 5.41) is 0. The van der Waals surface area contributed by atoms with Gasteiger partial charge in [0, 0.05) is 38.8 Å². The molecule has 6 nitrogen and oxygen atoms in total. The lowest BCUT2D eigenvalue weighted by Gasteiger charge is -2.37. The molecule has 1 atom stereocenters. The number of sulfone groups is 1. The highest BCUT2D eigenvalue weighted by atomic mass is 32.2. The van der Waals surface area contributed by atoms with E-state index in [1.807, 2.05) is 17.9 Å². The number of nitrogens with zero attached hydrogens (tertiary/aromatic N) is 3. The zero-order chi connectivity index (χ0) is 18.7. The summed E-state index contributed by atoms with van der Waals surface area (Å²) in [6.45, 7) is 5.39. The largest absolute Gasteiger partial charge is 0.367 e. The van der Waals surface area contributed by atoms with Crippen LogP contribution in [0.25, 0.3) is 0 Å². The fourth-order valence-electron chi connectivity index (χ4n) is 3.80. The predicted octanol–water partition coefficient (Wildman–Crippen LogP) is 0.983. The number of likely N-dealkylation sites (N-methyl/N-ethyl adjacent to an activating group) is 1. The van der Waals surface area contributed by atoms with Gasteiger partial charge in [0.2, 0.25) is 5.91 Å². The van der Waals surface area contributed by atoms with Gasteiger partial charge >= 0.3 is 0 Å². The van der Waals surface area contributed by atoms with Crippen LogP contribution in [-0.4, -0.2) is 80.9 Å². The van der Waals surface area contributed by atoms with Crippen molar-refractivity contribution < 1.29 is 17.6 Å². The minimum Gasteiger partial charge on any atom is -0.367 e. The number of anilines is 1. The molecular formula is C18H26FN3O3S. The van der Waals surface area contributed by atoms with Crippen molar-refractivity contribution >= 4 is 21.4 Å². The average Bonchev–Trinajstić information content (AvgIpc) is 2.96. The number of benzene rings is 1. The van der Waals surface area contributed by atoms with Gasteiger partial charge < -0.3 is 9.80 Å². The van der Waals surface area contributed by atoms with Crippen LogP contribution in [0.1, 0.15) is 13.3 Å². The van der Waals surface area contributed by atoms with Gasteiger partial charge in [0.15, 0.2) is 9.84 Å². The summed E-state index contributed by atoms with van der Waals surface area (Å²) >= 11 is 0. The van der Waals surface area contributed by atoms with E-state index in [0.29, 0.717) is 44.8 Å². The van der Waals surface area contributed by atoms with Gasteiger partial charge in [-0.25, -0.2) is 12.8 Å². The predicted molar refractivity (Wildman–Crippen MR) is 99.5 cm³/mol. The van der Waals surface area contributed by atoms with E-state index in [2.05, 4.69) is 4.90 Å². The van der Waals surface area contributed by atoms with Gasteiger partial charge in [-0.05, 0) is 25.5 Å². The highest BCUT2D eigenvalue weighted by Crippen LogP contribution is 2.21. The summed E-state index contributed by atoms with van der Waals surface area (Å²) in [7, 11) is -3.01. The summed E-state index contributed by atoms with van der Waals surface area (Å²) in [4.78, 5) is 18.4. The van der Waals surface area contributed by atoms with Crippen molar-refractivity contribution in [3.05, 3.63) is 30.1 Å². The molecular weight excluding hydrogens is 357 g/mol. The van der Waals surface area contributed by atoms with Gasteiger partial charge in [-0.1, -0.05) is 12.1 Å². The standard InChI is InChI=1S/C18H26FN3O3S/c1-2-22(15-7-12-26(24,25)14-15)18(23)13-20-8-10-21(11-9-20)17-6-4-3-5-16(17)19/h3-6,15H,2,7-14H2,1H3/t15-/m0/s1. The van der Waals surface area contributed by atoms with Crippen LogP contribution in [0.5, 0.6) is 0 Å². The number of hydrogen-bond acceptors (Lipinski definition) is 5. The highest BCUT2D eigenvalue weighted by molar-refractivity contribution is 7.91. The summed E-state index contributed by atoms with van der Waals surface area (Å²) in [5.41, 5.74) is 0.602. The molecule has 0 unspecified atom stereocenters. The minimum atomic E-state index is -3.01. The monoisotopic (exact) mass is 383 g/mol. The highest BCUT2D eigenvalue weighted by Gasteiger charge is 2.34. The molecule has 1 amide bonds. The lowest BCUT2D eigenvalue weighted by molar-refractivity contribution is -0.134. The molecule has 8 heteroatoms.